The highest BCUT2D eigenvalue weighted by Crippen LogP contribution is 2.40. The average molecular weight is 691 g/mol. The van der Waals surface area contributed by atoms with Gasteiger partial charge in [-0.1, -0.05) is 140 Å². The fourth-order valence-electron chi connectivity index (χ4n) is 7.88. The minimum Gasteiger partial charge on any atom is -0.434 e. The Kier molecular flexibility index (Phi) is 6.79. The van der Waals surface area contributed by atoms with E-state index in [2.05, 4.69) is 138 Å². The van der Waals surface area contributed by atoms with Crippen LogP contribution in [0, 0.1) is 0 Å². The predicted molar refractivity (Wildman–Crippen MR) is 221 cm³/mol. The molecule has 54 heavy (non-hydrogen) atoms. The second-order valence-corrected chi connectivity index (χ2v) is 13.6. The van der Waals surface area contributed by atoms with Crippen LogP contribution >= 0.6 is 0 Å². The van der Waals surface area contributed by atoms with E-state index in [0.717, 1.165) is 71.7 Å². The molecule has 0 radical (unpaired) electrons. The van der Waals surface area contributed by atoms with Gasteiger partial charge in [0.05, 0.1) is 16.7 Å². The minimum atomic E-state index is 0.569. The number of rotatable bonds is 5. The van der Waals surface area contributed by atoms with E-state index in [1.165, 1.54) is 16.3 Å². The number of hydrogen-bond acceptors (Lipinski definition) is 4. The smallest absolute Gasteiger partial charge is 0.235 e. The van der Waals surface area contributed by atoms with Crippen molar-refractivity contribution < 1.29 is 4.42 Å². The third-order valence-electron chi connectivity index (χ3n) is 10.5. The maximum absolute atomic E-state index is 6.67. The molecule has 0 spiro atoms. The van der Waals surface area contributed by atoms with Gasteiger partial charge in [0, 0.05) is 27.3 Å². The zero-order valence-corrected chi connectivity index (χ0v) is 29.0. The molecule has 0 unspecified atom stereocenters. The molecule has 252 valence electrons. The largest absolute Gasteiger partial charge is 0.434 e. The first kappa shape index (κ1) is 30.3. The lowest BCUT2D eigenvalue weighted by Gasteiger charge is -2.13. The molecule has 3 heterocycles. The number of nitrogens with zero attached hydrogens (tertiary/aromatic N) is 4. The summed E-state index contributed by atoms with van der Waals surface area (Å²) in [6.07, 6.45) is 0. The van der Waals surface area contributed by atoms with Crippen LogP contribution in [0.25, 0.3) is 105 Å². The molecule has 5 heteroatoms. The van der Waals surface area contributed by atoms with Gasteiger partial charge in [0.2, 0.25) is 11.8 Å². The van der Waals surface area contributed by atoms with Crippen molar-refractivity contribution >= 4 is 54.6 Å². The number of oxazole rings is 1. The number of fused-ring (bicyclic) bond motifs is 7. The highest BCUT2D eigenvalue weighted by molar-refractivity contribution is 6.17. The quantitative estimate of drug-likeness (QED) is 0.180. The van der Waals surface area contributed by atoms with Crippen LogP contribution in [0.1, 0.15) is 0 Å². The van der Waals surface area contributed by atoms with Gasteiger partial charge in [0.1, 0.15) is 11.0 Å². The third-order valence-corrected chi connectivity index (χ3v) is 10.5. The highest BCUT2D eigenvalue weighted by atomic mass is 16.3. The Labute approximate surface area is 310 Å². The van der Waals surface area contributed by atoms with E-state index in [0.29, 0.717) is 17.4 Å². The van der Waals surface area contributed by atoms with Crippen LogP contribution < -0.4 is 0 Å². The van der Waals surface area contributed by atoms with Crippen LogP contribution in [0.2, 0.25) is 0 Å². The SMILES string of the molecule is c1ccc(-c2ccc3c(c2)c2ccc4nc(-c5ccccc5)oc4c2n3-c2nc(-c3ccc(-c4cccc5ccccc45)cc3)c3ccccc3n2)cc1. The molecule has 0 N–H and O–H groups in total. The second-order valence-electron chi connectivity index (χ2n) is 13.6. The van der Waals surface area contributed by atoms with E-state index < -0.39 is 0 Å². The van der Waals surface area contributed by atoms with Crippen LogP contribution in [0.4, 0.5) is 0 Å². The van der Waals surface area contributed by atoms with E-state index >= 15 is 0 Å². The molecule has 0 amide bonds. The van der Waals surface area contributed by atoms with E-state index in [4.69, 9.17) is 19.4 Å². The van der Waals surface area contributed by atoms with Crippen molar-refractivity contribution in [1.82, 2.24) is 19.5 Å². The van der Waals surface area contributed by atoms with Crippen LogP contribution in [0.15, 0.2) is 186 Å². The van der Waals surface area contributed by atoms with Crippen molar-refractivity contribution in [2.24, 2.45) is 0 Å². The molecule has 0 saturated carbocycles. The number of para-hydroxylation sites is 1. The van der Waals surface area contributed by atoms with Gasteiger partial charge in [-0.25, -0.2) is 15.0 Å². The number of aromatic nitrogens is 4. The first-order valence-corrected chi connectivity index (χ1v) is 18.1. The molecule has 0 aliphatic heterocycles. The summed E-state index contributed by atoms with van der Waals surface area (Å²) in [6, 6.07) is 63.3. The van der Waals surface area contributed by atoms with Gasteiger partial charge in [0.15, 0.2) is 5.58 Å². The molecule has 0 atom stereocenters. The maximum Gasteiger partial charge on any atom is 0.235 e. The van der Waals surface area contributed by atoms with Crippen LogP contribution in [-0.2, 0) is 0 Å². The van der Waals surface area contributed by atoms with Gasteiger partial charge in [-0.3, -0.25) is 4.57 Å². The summed E-state index contributed by atoms with van der Waals surface area (Å²) in [4.78, 5) is 15.6. The lowest BCUT2D eigenvalue weighted by atomic mass is 9.96. The molecule has 3 aromatic heterocycles. The second kappa shape index (κ2) is 12.1. The van der Waals surface area contributed by atoms with Crippen molar-refractivity contribution in [3.63, 3.8) is 0 Å². The summed E-state index contributed by atoms with van der Waals surface area (Å²) in [5.41, 5.74) is 11.7. The molecule has 0 aliphatic rings. The Bertz CT molecular complexity index is 3160. The molecule has 11 aromatic rings. The van der Waals surface area contributed by atoms with Gasteiger partial charge in [-0.05, 0) is 75.5 Å². The Balaban J connectivity index is 1.15. The molecule has 0 aliphatic carbocycles. The van der Waals surface area contributed by atoms with Crippen molar-refractivity contribution in [1.29, 1.82) is 0 Å². The van der Waals surface area contributed by atoms with Crippen LogP contribution in [0.3, 0.4) is 0 Å². The van der Waals surface area contributed by atoms with Crippen molar-refractivity contribution in [3.05, 3.63) is 182 Å². The zero-order chi connectivity index (χ0) is 35.6. The Morgan fingerprint density at radius 1 is 0.407 bits per heavy atom. The predicted octanol–water partition coefficient (Wildman–Crippen LogP) is 12.7. The first-order chi connectivity index (χ1) is 26.8. The molecule has 5 nitrogen and oxygen atoms in total. The fourth-order valence-corrected chi connectivity index (χ4v) is 7.88. The molecule has 0 bridgehead atoms. The van der Waals surface area contributed by atoms with Crippen molar-refractivity contribution in [2.75, 3.05) is 0 Å². The summed E-state index contributed by atoms with van der Waals surface area (Å²) in [7, 11) is 0. The van der Waals surface area contributed by atoms with Crippen LogP contribution in [0.5, 0.6) is 0 Å². The summed E-state index contributed by atoms with van der Waals surface area (Å²) >= 11 is 0. The Hall–Kier alpha value is -7.37. The van der Waals surface area contributed by atoms with Gasteiger partial charge in [-0.15, -0.1) is 0 Å². The lowest BCUT2D eigenvalue weighted by molar-refractivity contribution is 0.621. The van der Waals surface area contributed by atoms with Crippen molar-refractivity contribution in [3.8, 4) is 50.9 Å². The molecule has 8 aromatic carbocycles. The van der Waals surface area contributed by atoms with E-state index in [1.54, 1.807) is 0 Å². The first-order valence-electron chi connectivity index (χ1n) is 18.1. The lowest BCUT2D eigenvalue weighted by Crippen LogP contribution is -2.03. The average Bonchev–Trinajstić information content (AvgIpc) is 3.83. The molecule has 0 saturated heterocycles. The molecule has 0 fully saturated rings. The Morgan fingerprint density at radius 2 is 1.09 bits per heavy atom. The minimum absolute atomic E-state index is 0.569. The normalized spacial score (nSPS) is 11.7. The van der Waals surface area contributed by atoms with Gasteiger partial charge in [0.25, 0.3) is 0 Å². The maximum atomic E-state index is 6.67. The van der Waals surface area contributed by atoms with Gasteiger partial charge >= 0.3 is 0 Å². The zero-order valence-electron chi connectivity index (χ0n) is 29.0. The summed E-state index contributed by atoms with van der Waals surface area (Å²) in [5, 5.41) is 5.58. The van der Waals surface area contributed by atoms with Gasteiger partial charge in [-0.2, -0.15) is 0 Å². The van der Waals surface area contributed by atoms with Crippen molar-refractivity contribution in [2.45, 2.75) is 0 Å². The summed E-state index contributed by atoms with van der Waals surface area (Å²) in [5.74, 6) is 1.14. The van der Waals surface area contributed by atoms with Gasteiger partial charge < -0.3 is 4.42 Å². The van der Waals surface area contributed by atoms with E-state index in [-0.39, 0.29) is 0 Å². The standard InChI is InChI=1S/C49H30N4O/c1-3-12-31(13-4-1)36-26-29-44-41(30-36)39-27-28-43-47(54-48(50-43)35-15-5-2-6-16-35)46(39)53(44)49-51-42-21-10-9-19-40(42)45(52-49)34-24-22-33(23-25-34)38-20-11-17-32-14-7-8-18-37(32)38/h1-30H. The highest BCUT2D eigenvalue weighted by Gasteiger charge is 2.22. The van der Waals surface area contributed by atoms with E-state index in [9.17, 15) is 0 Å². The molecular formula is C49H30N4O. The fraction of sp³-hybridized carbons (Fsp3) is 0. The Morgan fingerprint density at radius 3 is 1.93 bits per heavy atom. The molecule has 11 rings (SSSR count). The molecular weight excluding hydrogens is 661 g/mol. The summed E-state index contributed by atoms with van der Waals surface area (Å²) < 4.78 is 8.83. The number of hydrogen-bond donors (Lipinski definition) is 0. The number of benzene rings is 8. The third kappa shape index (κ3) is 4.83. The monoisotopic (exact) mass is 690 g/mol. The van der Waals surface area contributed by atoms with E-state index in [1.807, 2.05) is 48.5 Å². The summed E-state index contributed by atoms with van der Waals surface area (Å²) in [6.45, 7) is 0. The van der Waals surface area contributed by atoms with Crippen LogP contribution in [-0.4, -0.2) is 19.5 Å². The topological polar surface area (TPSA) is 56.7 Å².